The molecule has 0 saturated heterocycles. The van der Waals surface area contributed by atoms with Gasteiger partial charge in [0.05, 0.1) is 5.69 Å². The van der Waals surface area contributed by atoms with E-state index in [2.05, 4.69) is 30.4 Å². The van der Waals surface area contributed by atoms with Crippen LogP contribution in [0.1, 0.15) is 84.8 Å². The molecule has 0 aliphatic carbocycles. The van der Waals surface area contributed by atoms with Crippen molar-refractivity contribution in [3.05, 3.63) is 11.9 Å². The SMILES string of the molecule is CC(C)CCCCCCn1cc(CCCCC(=O)C(C)C)nn1. The first-order valence-corrected chi connectivity index (χ1v) is 9.40. The summed E-state index contributed by atoms with van der Waals surface area (Å²) in [5.74, 6) is 1.35. The number of unbranched alkanes of at least 4 members (excludes halogenated alkanes) is 4. The van der Waals surface area contributed by atoms with Gasteiger partial charge >= 0.3 is 0 Å². The Labute approximate surface area is 142 Å². The van der Waals surface area contributed by atoms with E-state index in [-0.39, 0.29) is 5.92 Å². The van der Waals surface area contributed by atoms with E-state index in [0.29, 0.717) is 12.2 Å². The van der Waals surface area contributed by atoms with Crippen LogP contribution in [0.25, 0.3) is 0 Å². The van der Waals surface area contributed by atoms with Crippen molar-refractivity contribution in [2.75, 3.05) is 0 Å². The minimum atomic E-state index is 0.163. The Morgan fingerprint density at radius 2 is 1.78 bits per heavy atom. The topological polar surface area (TPSA) is 47.8 Å². The van der Waals surface area contributed by atoms with Gasteiger partial charge in [-0.3, -0.25) is 9.48 Å². The van der Waals surface area contributed by atoms with Crippen LogP contribution in [0.5, 0.6) is 0 Å². The summed E-state index contributed by atoms with van der Waals surface area (Å²) in [5, 5.41) is 8.44. The number of hydrogen-bond donors (Lipinski definition) is 0. The fourth-order valence-corrected chi connectivity index (χ4v) is 2.64. The molecule has 0 aliphatic rings. The van der Waals surface area contributed by atoms with Crippen molar-refractivity contribution in [2.24, 2.45) is 11.8 Å². The van der Waals surface area contributed by atoms with Gasteiger partial charge in [-0.1, -0.05) is 58.6 Å². The summed E-state index contributed by atoms with van der Waals surface area (Å²) in [4.78, 5) is 11.6. The molecule has 0 atom stereocenters. The predicted molar refractivity (Wildman–Crippen MR) is 95.3 cm³/mol. The lowest BCUT2D eigenvalue weighted by Crippen LogP contribution is -2.06. The van der Waals surface area contributed by atoms with Gasteiger partial charge in [0.15, 0.2) is 0 Å². The van der Waals surface area contributed by atoms with Crippen LogP contribution in [0.2, 0.25) is 0 Å². The Kier molecular flexibility index (Phi) is 9.81. The molecule has 0 radical (unpaired) electrons. The molecule has 0 aliphatic heterocycles. The summed E-state index contributed by atoms with van der Waals surface area (Å²) in [6.07, 6.45) is 12.1. The molecule has 4 nitrogen and oxygen atoms in total. The quantitative estimate of drug-likeness (QED) is 0.489. The highest BCUT2D eigenvalue weighted by atomic mass is 16.1. The molecule has 1 rings (SSSR count). The third-order valence-corrected chi connectivity index (χ3v) is 4.25. The van der Waals surface area contributed by atoms with Crippen molar-refractivity contribution in [3.63, 3.8) is 0 Å². The van der Waals surface area contributed by atoms with Crippen LogP contribution in [0, 0.1) is 11.8 Å². The molecule has 1 heterocycles. The van der Waals surface area contributed by atoms with Crippen molar-refractivity contribution in [1.82, 2.24) is 15.0 Å². The van der Waals surface area contributed by atoms with Crippen molar-refractivity contribution >= 4 is 5.78 Å². The summed E-state index contributed by atoms with van der Waals surface area (Å²) in [6.45, 7) is 9.49. The number of aryl methyl sites for hydroxylation is 2. The van der Waals surface area contributed by atoms with E-state index in [0.717, 1.165) is 37.4 Å². The molecule has 132 valence electrons. The lowest BCUT2D eigenvalue weighted by atomic mass is 10.0. The molecule has 0 saturated carbocycles. The van der Waals surface area contributed by atoms with Gasteiger partial charge in [-0.25, -0.2) is 0 Å². The van der Waals surface area contributed by atoms with Crippen molar-refractivity contribution in [1.29, 1.82) is 0 Å². The molecule has 23 heavy (non-hydrogen) atoms. The summed E-state index contributed by atoms with van der Waals surface area (Å²) < 4.78 is 1.97. The van der Waals surface area contributed by atoms with E-state index in [1.54, 1.807) is 0 Å². The number of carbonyl (C=O) groups is 1. The fraction of sp³-hybridized carbons (Fsp3) is 0.842. The number of carbonyl (C=O) groups excluding carboxylic acids is 1. The molecule has 0 unspecified atom stereocenters. The normalized spacial score (nSPS) is 11.6. The van der Waals surface area contributed by atoms with Crippen LogP contribution in [0.4, 0.5) is 0 Å². The highest BCUT2D eigenvalue weighted by Crippen LogP contribution is 2.11. The summed E-state index contributed by atoms with van der Waals surface area (Å²) in [6, 6.07) is 0. The van der Waals surface area contributed by atoms with Gasteiger partial charge in [0, 0.05) is 25.1 Å². The van der Waals surface area contributed by atoms with Crippen LogP contribution in [0.3, 0.4) is 0 Å². The Morgan fingerprint density at radius 1 is 1.04 bits per heavy atom. The summed E-state index contributed by atoms with van der Waals surface area (Å²) in [5.41, 5.74) is 1.06. The third kappa shape index (κ3) is 9.52. The van der Waals surface area contributed by atoms with Crippen LogP contribution in [-0.2, 0) is 17.8 Å². The molecular formula is C19H35N3O. The second kappa shape index (κ2) is 11.4. The van der Waals surface area contributed by atoms with Gasteiger partial charge in [0.2, 0.25) is 0 Å². The zero-order chi connectivity index (χ0) is 17.1. The van der Waals surface area contributed by atoms with E-state index < -0.39 is 0 Å². The first kappa shape index (κ1) is 19.9. The first-order valence-electron chi connectivity index (χ1n) is 9.40. The predicted octanol–water partition coefficient (Wildman–Crippen LogP) is 4.82. The van der Waals surface area contributed by atoms with Gasteiger partial charge in [0.25, 0.3) is 0 Å². The van der Waals surface area contributed by atoms with E-state index in [9.17, 15) is 4.79 Å². The number of aromatic nitrogens is 3. The zero-order valence-corrected chi connectivity index (χ0v) is 15.6. The molecular weight excluding hydrogens is 286 g/mol. The number of rotatable bonds is 13. The van der Waals surface area contributed by atoms with E-state index in [1.807, 2.05) is 18.5 Å². The monoisotopic (exact) mass is 321 g/mol. The molecule has 0 fully saturated rings. The number of Topliss-reactive ketones (excluding diaryl/α,β-unsaturated/α-hetero) is 1. The maximum Gasteiger partial charge on any atom is 0.135 e. The first-order chi connectivity index (χ1) is 11.0. The average molecular weight is 322 g/mol. The number of nitrogens with zero attached hydrogens (tertiary/aromatic N) is 3. The molecule has 0 spiro atoms. The second-order valence-electron chi connectivity index (χ2n) is 7.40. The van der Waals surface area contributed by atoms with Crippen LogP contribution >= 0.6 is 0 Å². The van der Waals surface area contributed by atoms with Gasteiger partial charge in [-0.2, -0.15) is 0 Å². The molecule has 4 heteroatoms. The Hall–Kier alpha value is -1.19. The lowest BCUT2D eigenvalue weighted by Gasteiger charge is -2.04. The molecule has 0 amide bonds. The van der Waals surface area contributed by atoms with Crippen LogP contribution < -0.4 is 0 Å². The Bertz CT molecular complexity index is 438. The smallest absolute Gasteiger partial charge is 0.135 e. The minimum absolute atomic E-state index is 0.163. The number of hydrogen-bond acceptors (Lipinski definition) is 3. The Morgan fingerprint density at radius 3 is 2.48 bits per heavy atom. The third-order valence-electron chi connectivity index (χ3n) is 4.25. The highest BCUT2D eigenvalue weighted by Gasteiger charge is 2.07. The fourth-order valence-electron chi connectivity index (χ4n) is 2.64. The maximum atomic E-state index is 11.6. The highest BCUT2D eigenvalue weighted by molar-refractivity contribution is 5.80. The molecule has 0 aromatic carbocycles. The summed E-state index contributed by atoms with van der Waals surface area (Å²) >= 11 is 0. The molecule has 1 aromatic heterocycles. The van der Waals surface area contributed by atoms with Crippen molar-refractivity contribution < 1.29 is 4.79 Å². The molecule has 0 bridgehead atoms. The van der Waals surface area contributed by atoms with Crippen molar-refractivity contribution in [2.45, 2.75) is 92.0 Å². The van der Waals surface area contributed by atoms with Gasteiger partial charge in [-0.15, -0.1) is 5.10 Å². The average Bonchev–Trinajstić information content (AvgIpc) is 2.94. The van der Waals surface area contributed by atoms with E-state index in [1.165, 1.54) is 32.1 Å². The van der Waals surface area contributed by atoms with Crippen LogP contribution in [-0.4, -0.2) is 20.8 Å². The van der Waals surface area contributed by atoms with Gasteiger partial charge in [-0.05, 0) is 31.6 Å². The maximum absolute atomic E-state index is 11.6. The van der Waals surface area contributed by atoms with Gasteiger partial charge in [0.1, 0.15) is 5.78 Å². The lowest BCUT2D eigenvalue weighted by molar-refractivity contribution is -0.122. The molecule has 0 N–H and O–H groups in total. The van der Waals surface area contributed by atoms with E-state index in [4.69, 9.17) is 0 Å². The largest absolute Gasteiger partial charge is 0.299 e. The molecule has 1 aromatic rings. The van der Waals surface area contributed by atoms with Crippen LogP contribution in [0.15, 0.2) is 6.20 Å². The van der Waals surface area contributed by atoms with E-state index >= 15 is 0 Å². The zero-order valence-electron chi connectivity index (χ0n) is 15.6. The minimum Gasteiger partial charge on any atom is -0.299 e. The van der Waals surface area contributed by atoms with Crippen molar-refractivity contribution in [3.8, 4) is 0 Å². The standard InChI is InChI=1S/C19H35N3O/c1-16(2)11-7-5-6-10-14-22-15-18(20-21-22)12-8-9-13-19(23)17(3)4/h15-17H,5-14H2,1-4H3. The second-order valence-corrected chi connectivity index (χ2v) is 7.40. The Balaban J connectivity index is 2.09. The number of ketones is 1. The van der Waals surface area contributed by atoms with Gasteiger partial charge < -0.3 is 0 Å². The summed E-state index contributed by atoms with van der Waals surface area (Å²) in [7, 11) is 0.